The highest BCUT2D eigenvalue weighted by molar-refractivity contribution is 7.15. The molecule has 1 aromatic rings. The second kappa shape index (κ2) is 5.67. The van der Waals surface area contributed by atoms with Gasteiger partial charge in [-0.3, -0.25) is 9.69 Å². The third-order valence-corrected chi connectivity index (χ3v) is 2.60. The third-order valence-electron chi connectivity index (χ3n) is 1.78. The summed E-state index contributed by atoms with van der Waals surface area (Å²) in [5.41, 5.74) is 5.51. The summed E-state index contributed by atoms with van der Waals surface area (Å²) < 4.78 is 0. The molecule has 5 nitrogen and oxygen atoms in total. The molecule has 0 aliphatic heterocycles. The van der Waals surface area contributed by atoms with Gasteiger partial charge in [0.2, 0.25) is 5.91 Å². The Balaban J connectivity index is 2.35. The number of amides is 1. The van der Waals surface area contributed by atoms with Crippen molar-refractivity contribution in [3.8, 4) is 0 Å². The molecule has 0 aliphatic carbocycles. The van der Waals surface area contributed by atoms with Crippen LogP contribution >= 0.6 is 11.3 Å². The first-order valence-electron chi connectivity index (χ1n) is 4.77. The molecule has 6 heteroatoms. The molecular formula is C9H16N4OS. The summed E-state index contributed by atoms with van der Waals surface area (Å²) in [4.78, 5) is 18.2. The largest absolute Gasteiger partial charge is 0.375 e. The van der Waals surface area contributed by atoms with Gasteiger partial charge in [-0.1, -0.05) is 0 Å². The van der Waals surface area contributed by atoms with Gasteiger partial charge in [0.15, 0.2) is 5.13 Å². The van der Waals surface area contributed by atoms with Gasteiger partial charge in [0.05, 0.1) is 6.54 Å². The van der Waals surface area contributed by atoms with E-state index in [2.05, 4.69) is 10.3 Å². The minimum absolute atomic E-state index is 0.0393. The SMILES string of the molecule is CCNC(=O)CN(C)Cc1cnc(N)s1. The number of carbonyl (C=O) groups excluding carboxylic acids is 1. The number of nitrogens with zero attached hydrogens (tertiary/aromatic N) is 2. The highest BCUT2D eigenvalue weighted by atomic mass is 32.1. The van der Waals surface area contributed by atoms with E-state index >= 15 is 0 Å². The van der Waals surface area contributed by atoms with Crippen LogP contribution in [0.1, 0.15) is 11.8 Å². The number of likely N-dealkylation sites (N-methyl/N-ethyl adjacent to an activating group) is 2. The normalized spacial score (nSPS) is 10.6. The lowest BCUT2D eigenvalue weighted by molar-refractivity contribution is -0.121. The number of nitrogens with two attached hydrogens (primary N) is 1. The van der Waals surface area contributed by atoms with Crippen molar-refractivity contribution in [2.24, 2.45) is 0 Å². The fraction of sp³-hybridized carbons (Fsp3) is 0.556. The summed E-state index contributed by atoms with van der Waals surface area (Å²) in [7, 11) is 1.89. The summed E-state index contributed by atoms with van der Waals surface area (Å²) in [5.74, 6) is 0.0393. The van der Waals surface area contributed by atoms with E-state index in [4.69, 9.17) is 5.73 Å². The summed E-state index contributed by atoms with van der Waals surface area (Å²) in [6.07, 6.45) is 1.74. The lowest BCUT2D eigenvalue weighted by Gasteiger charge is -2.14. The number of rotatable bonds is 5. The van der Waals surface area contributed by atoms with Crippen molar-refractivity contribution in [1.29, 1.82) is 0 Å². The summed E-state index contributed by atoms with van der Waals surface area (Å²) in [6.45, 7) is 3.67. The molecule has 84 valence electrons. The van der Waals surface area contributed by atoms with Gasteiger partial charge in [-0.15, -0.1) is 11.3 Å². The van der Waals surface area contributed by atoms with Gasteiger partial charge in [-0.25, -0.2) is 4.98 Å². The first-order valence-corrected chi connectivity index (χ1v) is 5.59. The molecule has 1 heterocycles. The number of aromatic nitrogens is 1. The van der Waals surface area contributed by atoms with Crippen LogP contribution < -0.4 is 11.1 Å². The van der Waals surface area contributed by atoms with Crippen molar-refractivity contribution in [2.45, 2.75) is 13.5 Å². The monoisotopic (exact) mass is 228 g/mol. The van der Waals surface area contributed by atoms with Crippen LogP contribution in [-0.2, 0) is 11.3 Å². The molecule has 0 atom stereocenters. The molecule has 1 amide bonds. The van der Waals surface area contributed by atoms with Crippen LogP contribution in [0.5, 0.6) is 0 Å². The topological polar surface area (TPSA) is 71.2 Å². The highest BCUT2D eigenvalue weighted by Gasteiger charge is 2.07. The molecule has 0 spiro atoms. The van der Waals surface area contributed by atoms with Gasteiger partial charge in [0.25, 0.3) is 0 Å². The molecule has 0 fully saturated rings. The minimum atomic E-state index is 0.0393. The predicted octanol–water partition coefficient (Wildman–Crippen LogP) is 0.293. The Morgan fingerprint density at radius 2 is 2.47 bits per heavy atom. The number of nitrogen functional groups attached to an aromatic ring is 1. The van der Waals surface area contributed by atoms with Crippen LogP contribution in [0, 0.1) is 0 Å². The van der Waals surface area contributed by atoms with Crippen LogP contribution in [0.25, 0.3) is 0 Å². The number of thiazole rings is 1. The molecule has 1 aromatic heterocycles. The Bertz CT molecular complexity index is 326. The smallest absolute Gasteiger partial charge is 0.234 e. The Morgan fingerprint density at radius 1 is 1.73 bits per heavy atom. The standard InChI is InChI=1S/C9H16N4OS/c1-3-11-8(14)6-13(2)5-7-4-12-9(10)15-7/h4H,3,5-6H2,1-2H3,(H2,10,12)(H,11,14). The van der Waals surface area contributed by atoms with Crippen LogP contribution in [0.3, 0.4) is 0 Å². The summed E-state index contributed by atoms with van der Waals surface area (Å²) >= 11 is 1.45. The van der Waals surface area contributed by atoms with E-state index in [1.54, 1.807) is 6.20 Å². The third kappa shape index (κ3) is 4.26. The fourth-order valence-electron chi connectivity index (χ4n) is 1.22. The van der Waals surface area contributed by atoms with E-state index in [9.17, 15) is 4.79 Å². The number of hydrogen-bond donors (Lipinski definition) is 2. The molecule has 0 unspecified atom stereocenters. The Kier molecular flexibility index (Phi) is 4.51. The molecule has 0 saturated carbocycles. The lowest BCUT2D eigenvalue weighted by atomic mass is 10.4. The van der Waals surface area contributed by atoms with Gasteiger partial charge >= 0.3 is 0 Å². The first-order chi connectivity index (χ1) is 7.11. The van der Waals surface area contributed by atoms with Crippen molar-refractivity contribution in [3.05, 3.63) is 11.1 Å². The highest BCUT2D eigenvalue weighted by Crippen LogP contribution is 2.15. The lowest BCUT2D eigenvalue weighted by Crippen LogP contribution is -2.34. The molecule has 0 aromatic carbocycles. The van der Waals surface area contributed by atoms with Gasteiger partial charge in [0, 0.05) is 24.2 Å². The van der Waals surface area contributed by atoms with Crippen molar-refractivity contribution < 1.29 is 4.79 Å². The minimum Gasteiger partial charge on any atom is -0.375 e. The molecule has 15 heavy (non-hydrogen) atoms. The maximum atomic E-state index is 11.3. The van der Waals surface area contributed by atoms with Crippen LogP contribution in [0.2, 0.25) is 0 Å². The van der Waals surface area contributed by atoms with Crippen molar-refractivity contribution in [1.82, 2.24) is 15.2 Å². The molecule has 0 saturated heterocycles. The Morgan fingerprint density at radius 3 is 3.00 bits per heavy atom. The maximum Gasteiger partial charge on any atom is 0.234 e. The molecule has 0 radical (unpaired) electrons. The van der Waals surface area contributed by atoms with Crippen LogP contribution in [0.4, 0.5) is 5.13 Å². The van der Waals surface area contributed by atoms with Crippen LogP contribution in [0.15, 0.2) is 6.20 Å². The van der Waals surface area contributed by atoms with E-state index in [1.165, 1.54) is 11.3 Å². The zero-order valence-corrected chi connectivity index (χ0v) is 9.80. The molecular weight excluding hydrogens is 212 g/mol. The zero-order valence-electron chi connectivity index (χ0n) is 8.99. The first kappa shape index (κ1) is 11.9. The van der Waals surface area contributed by atoms with Crippen molar-refractivity contribution in [2.75, 3.05) is 25.9 Å². The number of anilines is 1. The predicted molar refractivity (Wildman–Crippen MR) is 61.5 cm³/mol. The number of carbonyl (C=O) groups is 1. The van der Waals surface area contributed by atoms with E-state index in [0.717, 1.165) is 4.88 Å². The van der Waals surface area contributed by atoms with E-state index in [1.807, 2.05) is 18.9 Å². The Labute approximate surface area is 93.3 Å². The summed E-state index contributed by atoms with van der Waals surface area (Å²) in [5, 5.41) is 3.32. The van der Waals surface area contributed by atoms with Gasteiger partial charge < -0.3 is 11.1 Å². The molecule has 0 bridgehead atoms. The average molecular weight is 228 g/mol. The second-order valence-electron chi connectivity index (χ2n) is 3.29. The van der Waals surface area contributed by atoms with Crippen LogP contribution in [-0.4, -0.2) is 35.9 Å². The van der Waals surface area contributed by atoms with Gasteiger partial charge in [-0.05, 0) is 14.0 Å². The molecule has 3 N–H and O–H groups in total. The van der Waals surface area contributed by atoms with E-state index in [-0.39, 0.29) is 5.91 Å². The number of hydrogen-bond acceptors (Lipinski definition) is 5. The van der Waals surface area contributed by atoms with Crippen molar-refractivity contribution in [3.63, 3.8) is 0 Å². The zero-order chi connectivity index (χ0) is 11.3. The molecule has 0 aliphatic rings. The maximum absolute atomic E-state index is 11.3. The van der Waals surface area contributed by atoms with Crippen molar-refractivity contribution >= 4 is 22.4 Å². The number of nitrogens with one attached hydrogen (secondary N) is 1. The van der Waals surface area contributed by atoms with Gasteiger partial charge in [-0.2, -0.15) is 0 Å². The quantitative estimate of drug-likeness (QED) is 0.760. The summed E-state index contributed by atoms with van der Waals surface area (Å²) in [6, 6.07) is 0. The Hall–Kier alpha value is -1.14. The molecule has 1 rings (SSSR count). The second-order valence-corrected chi connectivity index (χ2v) is 4.44. The van der Waals surface area contributed by atoms with E-state index in [0.29, 0.717) is 24.8 Å². The van der Waals surface area contributed by atoms with Gasteiger partial charge in [0.1, 0.15) is 0 Å². The van der Waals surface area contributed by atoms with E-state index < -0.39 is 0 Å². The fourth-order valence-corrected chi connectivity index (χ4v) is 1.98. The average Bonchev–Trinajstić information content (AvgIpc) is 2.51.